The maximum atomic E-state index is 6.03. The molecule has 36 heavy (non-hydrogen) atoms. The molecule has 0 aliphatic heterocycles. The van der Waals surface area contributed by atoms with E-state index >= 15 is 0 Å². The lowest BCUT2D eigenvalue weighted by Gasteiger charge is -2.04. The van der Waals surface area contributed by atoms with Crippen LogP contribution in [0, 0.1) is 0 Å². The van der Waals surface area contributed by atoms with Gasteiger partial charge in [-0.25, -0.2) is 4.68 Å². The average Bonchev–Trinajstić information content (AvgIpc) is 3.65. The normalized spacial score (nSPS) is 11.2. The molecule has 0 fully saturated rings. The van der Waals surface area contributed by atoms with Crippen LogP contribution in [0.25, 0.3) is 46.1 Å². The average molecular weight is 516 g/mol. The van der Waals surface area contributed by atoms with Crippen molar-refractivity contribution in [2.45, 2.75) is 6.54 Å². The monoisotopic (exact) mass is 515 g/mol. The van der Waals surface area contributed by atoms with Crippen molar-refractivity contribution in [1.29, 1.82) is 0 Å². The van der Waals surface area contributed by atoms with Gasteiger partial charge >= 0.3 is 0 Å². The molecule has 0 aliphatic rings. The van der Waals surface area contributed by atoms with Crippen molar-refractivity contribution in [2.24, 2.45) is 0 Å². The summed E-state index contributed by atoms with van der Waals surface area (Å²) in [7, 11) is 0. The maximum absolute atomic E-state index is 6.03. The van der Waals surface area contributed by atoms with Crippen LogP contribution in [-0.2, 0) is 6.54 Å². The Balaban J connectivity index is 1.43. The SMILES string of the molecule is Clc1ccc(-c2nnc(-c3nnn(Cc4ccccc4)c3-c3nnc(-c4ccc(Cl)cc4)o3)o2)cc1. The van der Waals surface area contributed by atoms with Gasteiger partial charge in [0.15, 0.2) is 11.4 Å². The van der Waals surface area contributed by atoms with Crippen molar-refractivity contribution in [3.8, 4) is 46.1 Å². The highest BCUT2D eigenvalue weighted by atomic mass is 35.5. The quantitative estimate of drug-likeness (QED) is 0.263. The summed E-state index contributed by atoms with van der Waals surface area (Å²) in [6, 6.07) is 24.0. The molecule has 0 saturated carbocycles. The predicted octanol–water partition coefficient (Wildman–Crippen LogP) is 6.07. The predicted molar refractivity (Wildman–Crippen MR) is 133 cm³/mol. The van der Waals surface area contributed by atoms with E-state index in [1.165, 1.54) is 0 Å². The van der Waals surface area contributed by atoms with Gasteiger partial charge in [0.2, 0.25) is 11.8 Å². The van der Waals surface area contributed by atoms with Gasteiger partial charge in [-0.3, -0.25) is 0 Å². The number of halogens is 2. The minimum Gasteiger partial charge on any atom is -0.415 e. The largest absolute Gasteiger partial charge is 0.415 e. The lowest BCUT2D eigenvalue weighted by molar-refractivity contribution is 0.565. The van der Waals surface area contributed by atoms with E-state index in [1.807, 2.05) is 30.3 Å². The third-order valence-electron chi connectivity index (χ3n) is 5.35. The summed E-state index contributed by atoms with van der Waals surface area (Å²) in [6.45, 7) is 0.417. The molecule has 0 radical (unpaired) electrons. The van der Waals surface area contributed by atoms with Gasteiger partial charge < -0.3 is 8.83 Å². The Kier molecular flexibility index (Phi) is 5.76. The number of rotatable bonds is 6. The lowest BCUT2D eigenvalue weighted by atomic mass is 10.2. The molecule has 0 bridgehead atoms. The zero-order valence-corrected chi connectivity index (χ0v) is 19.9. The van der Waals surface area contributed by atoms with Gasteiger partial charge in [0.1, 0.15) is 0 Å². The zero-order valence-electron chi connectivity index (χ0n) is 18.4. The van der Waals surface area contributed by atoms with E-state index in [0.717, 1.165) is 16.7 Å². The van der Waals surface area contributed by atoms with Gasteiger partial charge in [0.05, 0.1) is 6.54 Å². The Morgan fingerprint density at radius 2 is 1.11 bits per heavy atom. The molecule has 0 atom stereocenters. The number of hydrogen-bond donors (Lipinski definition) is 0. The van der Waals surface area contributed by atoms with E-state index in [9.17, 15) is 0 Å². The summed E-state index contributed by atoms with van der Waals surface area (Å²) in [5.41, 5.74) is 3.24. The van der Waals surface area contributed by atoms with Gasteiger partial charge in [0, 0.05) is 21.2 Å². The standard InChI is InChI=1S/C25H15Cl2N7O2/c26-18-10-6-16(7-11-18)22-29-31-24(35-22)20-21(34(33-28-20)14-15-4-2-1-3-5-15)25-32-30-23(36-25)17-8-12-19(27)13-9-17/h1-13H,14H2. The summed E-state index contributed by atoms with van der Waals surface area (Å²) in [6.07, 6.45) is 0. The van der Waals surface area contributed by atoms with Crippen LogP contribution in [0.2, 0.25) is 10.0 Å². The van der Waals surface area contributed by atoms with Crippen LogP contribution in [0.15, 0.2) is 87.7 Å². The van der Waals surface area contributed by atoms with Crippen LogP contribution in [0.1, 0.15) is 5.56 Å². The Morgan fingerprint density at radius 3 is 1.72 bits per heavy atom. The van der Waals surface area contributed by atoms with Gasteiger partial charge in [-0.15, -0.1) is 25.5 Å². The van der Waals surface area contributed by atoms with E-state index in [2.05, 4.69) is 30.7 Å². The molecule has 6 rings (SSSR count). The fourth-order valence-electron chi connectivity index (χ4n) is 3.59. The molecule has 0 spiro atoms. The van der Waals surface area contributed by atoms with Gasteiger partial charge in [0.25, 0.3) is 11.8 Å². The van der Waals surface area contributed by atoms with Crippen molar-refractivity contribution in [3.63, 3.8) is 0 Å². The highest BCUT2D eigenvalue weighted by Gasteiger charge is 2.26. The fourth-order valence-corrected chi connectivity index (χ4v) is 3.84. The topological polar surface area (TPSA) is 109 Å². The first-order valence-corrected chi connectivity index (χ1v) is 11.6. The molecule has 0 N–H and O–H groups in total. The first kappa shape index (κ1) is 22.1. The van der Waals surface area contributed by atoms with Crippen LogP contribution < -0.4 is 0 Å². The van der Waals surface area contributed by atoms with Crippen molar-refractivity contribution in [1.82, 2.24) is 35.4 Å². The molecule has 11 heteroatoms. The van der Waals surface area contributed by atoms with Crippen LogP contribution in [0.4, 0.5) is 0 Å². The summed E-state index contributed by atoms with van der Waals surface area (Å²) >= 11 is 12.0. The molecule has 176 valence electrons. The molecule has 3 aromatic heterocycles. The first-order chi connectivity index (χ1) is 17.6. The highest BCUT2D eigenvalue weighted by molar-refractivity contribution is 6.30. The molecular weight excluding hydrogens is 501 g/mol. The third-order valence-corrected chi connectivity index (χ3v) is 5.85. The summed E-state index contributed by atoms with van der Waals surface area (Å²) in [4.78, 5) is 0. The number of nitrogens with zero attached hydrogens (tertiary/aromatic N) is 7. The Labute approximate surface area is 214 Å². The minimum absolute atomic E-state index is 0.167. The van der Waals surface area contributed by atoms with Crippen LogP contribution in [-0.4, -0.2) is 35.4 Å². The molecule has 0 unspecified atom stereocenters. The number of benzene rings is 3. The van der Waals surface area contributed by atoms with Crippen molar-refractivity contribution >= 4 is 23.2 Å². The summed E-state index contributed by atoms with van der Waals surface area (Å²) in [5, 5.41) is 26.7. The Bertz CT molecular complexity index is 1630. The van der Waals surface area contributed by atoms with E-state index < -0.39 is 0 Å². The van der Waals surface area contributed by atoms with E-state index in [1.54, 1.807) is 53.2 Å². The van der Waals surface area contributed by atoms with E-state index in [0.29, 0.717) is 39.8 Å². The highest BCUT2D eigenvalue weighted by Crippen LogP contribution is 2.33. The lowest BCUT2D eigenvalue weighted by Crippen LogP contribution is -2.04. The Hall–Kier alpha value is -4.34. The molecular formula is C25H15Cl2N7O2. The van der Waals surface area contributed by atoms with Crippen LogP contribution in [0.3, 0.4) is 0 Å². The van der Waals surface area contributed by atoms with Crippen molar-refractivity contribution in [3.05, 3.63) is 94.5 Å². The third kappa shape index (κ3) is 4.37. The summed E-state index contributed by atoms with van der Waals surface area (Å²) in [5.74, 6) is 1.02. The second-order valence-corrected chi connectivity index (χ2v) is 8.64. The van der Waals surface area contributed by atoms with Gasteiger partial charge in [-0.2, -0.15) is 0 Å². The van der Waals surface area contributed by atoms with Crippen LogP contribution in [0.5, 0.6) is 0 Å². The Morgan fingerprint density at radius 1 is 0.583 bits per heavy atom. The van der Waals surface area contributed by atoms with E-state index in [4.69, 9.17) is 32.0 Å². The molecule has 3 heterocycles. The second kappa shape index (κ2) is 9.37. The number of aromatic nitrogens is 7. The van der Waals surface area contributed by atoms with Crippen molar-refractivity contribution in [2.75, 3.05) is 0 Å². The molecule has 0 amide bonds. The van der Waals surface area contributed by atoms with Crippen molar-refractivity contribution < 1.29 is 8.83 Å². The fraction of sp³-hybridized carbons (Fsp3) is 0.0400. The van der Waals surface area contributed by atoms with Gasteiger partial charge in [-0.1, -0.05) is 58.7 Å². The number of hydrogen-bond acceptors (Lipinski definition) is 8. The maximum Gasteiger partial charge on any atom is 0.271 e. The second-order valence-electron chi connectivity index (χ2n) is 7.77. The molecule has 3 aromatic carbocycles. The van der Waals surface area contributed by atoms with E-state index in [-0.39, 0.29) is 11.8 Å². The first-order valence-electron chi connectivity index (χ1n) is 10.8. The molecule has 9 nitrogen and oxygen atoms in total. The van der Waals surface area contributed by atoms with Gasteiger partial charge in [-0.05, 0) is 54.1 Å². The minimum atomic E-state index is 0.167. The molecule has 0 saturated heterocycles. The molecule has 0 aliphatic carbocycles. The summed E-state index contributed by atoms with van der Waals surface area (Å²) < 4.78 is 13.6. The van der Waals surface area contributed by atoms with Crippen LogP contribution >= 0.6 is 23.2 Å². The zero-order chi connectivity index (χ0) is 24.5. The molecule has 6 aromatic rings. The smallest absolute Gasteiger partial charge is 0.271 e.